The molecular weight excluding hydrogens is 389 g/mol. The number of hydrogen-bond acceptors (Lipinski definition) is 4. The van der Waals surface area contributed by atoms with Crippen molar-refractivity contribution in [2.45, 2.75) is 19.5 Å². The van der Waals surface area contributed by atoms with Crippen molar-refractivity contribution >= 4 is 11.9 Å². The summed E-state index contributed by atoms with van der Waals surface area (Å²) in [5, 5.41) is 7.12. The van der Waals surface area contributed by atoms with Crippen molar-refractivity contribution in [1.29, 1.82) is 0 Å². The van der Waals surface area contributed by atoms with E-state index < -0.39 is 12.1 Å². The van der Waals surface area contributed by atoms with E-state index in [1.165, 1.54) is 5.56 Å². The van der Waals surface area contributed by atoms with Gasteiger partial charge in [-0.3, -0.25) is 4.79 Å². The SMILES string of the molecule is Cc1ccccc1CC(=O)N1C[C@@H]2COC[C@]2(CN(C)C)C1.O=C(O)C(F)(F)F. The molecule has 0 saturated carbocycles. The Morgan fingerprint density at radius 3 is 2.48 bits per heavy atom. The minimum Gasteiger partial charge on any atom is -0.475 e. The number of carboxylic acid groups (broad SMARTS) is 1. The summed E-state index contributed by atoms with van der Waals surface area (Å²) in [7, 11) is 4.20. The van der Waals surface area contributed by atoms with Gasteiger partial charge in [0.2, 0.25) is 5.91 Å². The zero-order valence-electron chi connectivity index (χ0n) is 16.8. The summed E-state index contributed by atoms with van der Waals surface area (Å²) in [6, 6.07) is 8.16. The van der Waals surface area contributed by atoms with Crippen molar-refractivity contribution in [1.82, 2.24) is 9.80 Å². The lowest BCUT2D eigenvalue weighted by molar-refractivity contribution is -0.192. The largest absolute Gasteiger partial charge is 0.490 e. The number of benzene rings is 1. The van der Waals surface area contributed by atoms with Crippen LogP contribution in [0, 0.1) is 18.3 Å². The number of alkyl halides is 3. The monoisotopic (exact) mass is 416 g/mol. The number of amides is 1. The highest BCUT2D eigenvalue weighted by Crippen LogP contribution is 2.41. The topological polar surface area (TPSA) is 70.1 Å². The Labute approximate surface area is 168 Å². The highest BCUT2D eigenvalue weighted by atomic mass is 19.4. The molecule has 0 aliphatic carbocycles. The predicted molar refractivity (Wildman–Crippen MR) is 100 cm³/mol. The van der Waals surface area contributed by atoms with Crippen LogP contribution >= 0.6 is 0 Å². The molecule has 9 heteroatoms. The van der Waals surface area contributed by atoms with E-state index in [0.29, 0.717) is 12.3 Å². The molecule has 0 bridgehead atoms. The van der Waals surface area contributed by atoms with Crippen molar-refractivity contribution in [2.24, 2.45) is 11.3 Å². The number of carbonyl (C=O) groups is 2. The van der Waals surface area contributed by atoms with E-state index in [-0.39, 0.29) is 11.3 Å². The van der Waals surface area contributed by atoms with Gasteiger partial charge in [-0.05, 0) is 32.1 Å². The molecular formula is C20H27F3N2O4. The van der Waals surface area contributed by atoms with E-state index in [4.69, 9.17) is 14.6 Å². The van der Waals surface area contributed by atoms with Gasteiger partial charge in [-0.1, -0.05) is 24.3 Å². The fraction of sp³-hybridized carbons (Fsp3) is 0.600. The Hall–Kier alpha value is -2.13. The summed E-state index contributed by atoms with van der Waals surface area (Å²) in [6.07, 6.45) is -4.57. The van der Waals surface area contributed by atoms with Gasteiger partial charge in [0.1, 0.15) is 0 Å². The summed E-state index contributed by atoms with van der Waals surface area (Å²) in [6.45, 7) is 6.32. The van der Waals surface area contributed by atoms with Crippen LogP contribution in [0.4, 0.5) is 13.2 Å². The fourth-order valence-corrected chi connectivity index (χ4v) is 3.96. The lowest BCUT2D eigenvalue weighted by Crippen LogP contribution is -2.41. The normalized spacial score (nSPS) is 23.6. The van der Waals surface area contributed by atoms with E-state index in [2.05, 4.69) is 43.0 Å². The molecule has 2 saturated heterocycles. The lowest BCUT2D eigenvalue weighted by atomic mass is 9.81. The third-order valence-corrected chi connectivity index (χ3v) is 5.35. The third kappa shape index (κ3) is 5.93. The highest BCUT2D eigenvalue weighted by Gasteiger charge is 2.51. The number of likely N-dealkylation sites (tertiary alicyclic amines) is 1. The number of carboxylic acids is 1. The molecule has 2 heterocycles. The predicted octanol–water partition coefficient (Wildman–Crippen LogP) is 2.21. The second-order valence-corrected chi connectivity index (χ2v) is 7.99. The molecule has 6 nitrogen and oxygen atoms in total. The standard InChI is InChI=1S/C18H26N2O2.C2HF3O2/c1-14-6-4-5-7-15(14)8-17(21)20-9-16-10-22-13-18(16,12-20)11-19(2)3;3-2(4,5)1(6)7/h4-7,16H,8-13H2,1-3H3;(H,6,7)/t16-,18+;/m1./s1. The third-order valence-electron chi connectivity index (χ3n) is 5.35. The molecule has 2 fully saturated rings. The summed E-state index contributed by atoms with van der Waals surface area (Å²) < 4.78 is 37.5. The van der Waals surface area contributed by atoms with Crippen molar-refractivity contribution in [3.63, 3.8) is 0 Å². The maximum absolute atomic E-state index is 12.7. The molecule has 1 aromatic rings. The van der Waals surface area contributed by atoms with Crippen LogP contribution in [-0.4, -0.2) is 79.9 Å². The average Bonchev–Trinajstić information content (AvgIpc) is 3.12. The van der Waals surface area contributed by atoms with E-state index in [1.54, 1.807) is 0 Å². The van der Waals surface area contributed by atoms with Gasteiger partial charge in [0.05, 0.1) is 19.6 Å². The van der Waals surface area contributed by atoms with Gasteiger partial charge in [-0.25, -0.2) is 4.79 Å². The second-order valence-electron chi connectivity index (χ2n) is 7.99. The summed E-state index contributed by atoms with van der Waals surface area (Å²) in [4.78, 5) is 25.9. The van der Waals surface area contributed by atoms with Crippen LogP contribution in [0.15, 0.2) is 24.3 Å². The minimum atomic E-state index is -5.08. The van der Waals surface area contributed by atoms with E-state index in [0.717, 1.165) is 38.4 Å². The van der Waals surface area contributed by atoms with Gasteiger partial charge in [0.25, 0.3) is 0 Å². The number of hydrogen-bond donors (Lipinski definition) is 1. The molecule has 0 aromatic heterocycles. The van der Waals surface area contributed by atoms with Gasteiger partial charge < -0.3 is 19.6 Å². The molecule has 0 radical (unpaired) electrons. The Morgan fingerprint density at radius 1 is 1.31 bits per heavy atom. The number of aliphatic carboxylic acids is 1. The number of carbonyl (C=O) groups excluding carboxylic acids is 1. The van der Waals surface area contributed by atoms with Crippen molar-refractivity contribution in [3.05, 3.63) is 35.4 Å². The highest BCUT2D eigenvalue weighted by molar-refractivity contribution is 5.79. The van der Waals surface area contributed by atoms with Crippen molar-refractivity contribution < 1.29 is 32.6 Å². The quantitative estimate of drug-likeness (QED) is 0.815. The first-order valence-electron chi connectivity index (χ1n) is 9.29. The smallest absolute Gasteiger partial charge is 0.475 e. The molecule has 3 rings (SSSR count). The molecule has 1 aromatic carbocycles. The number of halogens is 3. The Balaban J connectivity index is 0.000000370. The Bertz CT molecular complexity index is 739. The van der Waals surface area contributed by atoms with Crippen LogP contribution in [-0.2, 0) is 20.7 Å². The van der Waals surface area contributed by atoms with Crippen molar-refractivity contribution in [3.8, 4) is 0 Å². The number of nitrogens with zero attached hydrogens (tertiary/aromatic N) is 2. The maximum Gasteiger partial charge on any atom is 0.490 e. The van der Waals surface area contributed by atoms with Crippen LogP contribution < -0.4 is 0 Å². The van der Waals surface area contributed by atoms with Crippen LogP contribution in [0.25, 0.3) is 0 Å². The average molecular weight is 416 g/mol. The first-order chi connectivity index (χ1) is 13.4. The van der Waals surface area contributed by atoms with Crippen molar-refractivity contribution in [2.75, 3.05) is 46.9 Å². The Kier molecular flexibility index (Phi) is 7.29. The van der Waals surface area contributed by atoms with Gasteiger partial charge >= 0.3 is 12.1 Å². The van der Waals surface area contributed by atoms with Crippen LogP contribution in [0.5, 0.6) is 0 Å². The summed E-state index contributed by atoms with van der Waals surface area (Å²) in [5.41, 5.74) is 2.47. The van der Waals surface area contributed by atoms with E-state index in [9.17, 15) is 18.0 Å². The zero-order valence-corrected chi connectivity index (χ0v) is 16.8. The number of fused-ring (bicyclic) bond motifs is 1. The summed E-state index contributed by atoms with van der Waals surface area (Å²) in [5.74, 6) is -2.02. The molecule has 29 heavy (non-hydrogen) atoms. The molecule has 162 valence electrons. The fourth-order valence-electron chi connectivity index (χ4n) is 3.96. The Morgan fingerprint density at radius 2 is 1.93 bits per heavy atom. The van der Waals surface area contributed by atoms with E-state index in [1.807, 2.05) is 12.1 Å². The molecule has 1 amide bonds. The van der Waals surface area contributed by atoms with Gasteiger partial charge in [-0.2, -0.15) is 13.2 Å². The molecule has 2 aliphatic heterocycles. The first-order valence-corrected chi connectivity index (χ1v) is 9.29. The first kappa shape index (κ1) is 23.2. The van der Waals surface area contributed by atoms with Crippen LogP contribution in [0.2, 0.25) is 0 Å². The molecule has 0 spiro atoms. The summed E-state index contributed by atoms with van der Waals surface area (Å²) >= 11 is 0. The number of rotatable bonds is 4. The van der Waals surface area contributed by atoms with Crippen LogP contribution in [0.1, 0.15) is 11.1 Å². The van der Waals surface area contributed by atoms with E-state index >= 15 is 0 Å². The zero-order chi connectivity index (χ0) is 21.8. The molecule has 0 unspecified atom stereocenters. The van der Waals surface area contributed by atoms with Gasteiger partial charge in [-0.15, -0.1) is 0 Å². The maximum atomic E-state index is 12.7. The number of aryl methyl sites for hydroxylation is 1. The van der Waals surface area contributed by atoms with Crippen LogP contribution in [0.3, 0.4) is 0 Å². The van der Waals surface area contributed by atoms with Gasteiger partial charge in [0, 0.05) is 31.0 Å². The van der Waals surface area contributed by atoms with Gasteiger partial charge in [0.15, 0.2) is 0 Å². The minimum absolute atomic E-state index is 0.130. The molecule has 1 N–H and O–H groups in total. The second kappa shape index (κ2) is 9.13. The molecule has 2 atom stereocenters. The lowest BCUT2D eigenvalue weighted by Gasteiger charge is -2.30. The number of ether oxygens (including phenoxy) is 1. The molecule has 2 aliphatic rings.